The summed E-state index contributed by atoms with van der Waals surface area (Å²) in [5, 5.41) is 10.5. The van der Waals surface area contributed by atoms with E-state index >= 15 is 0 Å². The summed E-state index contributed by atoms with van der Waals surface area (Å²) in [5.74, 6) is -2.89. The summed E-state index contributed by atoms with van der Waals surface area (Å²) in [7, 11) is 0.541. The van der Waals surface area contributed by atoms with Gasteiger partial charge in [-0.25, -0.2) is 4.79 Å². The Hall–Kier alpha value is -3.04. The quantitative estimate of drug-likeness (QED) is 0.157. The van der Waals surface area contributed by atoms with Crippen molar-refractivity contribution in [2.24, 2.45) is 22.7 Å². The highest BCUT2D eigenvalue weighted by molar-refractivity contribution is 7.86. The van der Waals surface area contributed by atoms with E-state index in [1.54, 1.807) is 20.8 Å². The zero-order chi connectivity index (χ0) is 35.1. The molecular weight excluding hydrogens is 602 g/mol. The van der Waals surface area contributed by atoms with Gasteiger partial charge in [-0.2, -0.15) is 17.0 Å². The third kappa shape index (κ3) is 11.1. The number of Topliss-reactive ketones (excluding diaryl/α,β-unsaturated/α-hetero) is 1. The minimum absolute atomic E-state index is 0.0136. The van der Waals surface area contributed by atoms with E-state index in [0.717, 1.165) is 8.61 Å². The van der Waals surface area contributed by atoms with Crippen molar-refractivity contribution in [1.82, 2.24) is 34.8 Å². The lowest BCUT2D eigenvalue weighted by molar-refractivity contribution is -0.143. The van der Waals surface area contributed by atoms with Crippen LogP contribution in [0.1, 0.15) is 61.8 Å². The lowest BCUT2D eigenvalue weighted by Gasteiger charge is -2.38. The van der Waals surface area contributed by atoms with Crippen molar-refractivity contribution in [2.45, 2.75) is 79.9 Å². The first-order valence-electron chi connectivity index (χ1n) is 15.2. The van der Waals surface area contributed by atoms with E-state index in [1.165, 1.54) is 32.1 Å². The molecule has 1 heterocycles. The number of ketones is 1. The van der Waals surface area contributed by atoms with Crippen molar-refractivity contribution in [1.29, 1.82) is 0 Å². The average Bonchev–Trinajstić information content (AvgIpc) is 3.36. The fraction of sp³-hybridized carbons (Fsp3) is 0.767. The zero-order valence-corrected chi connectivity index (χ0v) is 29.6. The first kappa shape index (κ1) is 40.0. The van der Waals surface area contributed by atoms with E-state index in [2.05, 4.69) is 27.8 Å². The van der Waals surface area contributed by atoms with Gasteiger partial charge in [-0.3, -0.25) is 19.2 Å². The van der Waals surface area contributed by atoms with Crippen molar-refractivity contribution < 1.29 is 32.4 Å². The predicted octanol–water partition coefficient (Wildman–Crippen LogP) is 0.714. The van der Waals surface area contributed by atoms with Gasteiger partial charge in [0.15, 0.2) is 0 Å². The van der Waals surface area contributed by atoms with Crippen LogP contribution in [0.2, 0.25) is 0 Å². The molecule has 258 valence electrons. The number of likely N-dealkylation sites (N-methyl/N-ethyl adjacent to an activating group) is 1. The molecule has 4 atom stereocenters. The molecule has 0 aromatic carbocycles. The number of hydrogen-bond donors (Lipinski definition) is 4. The van der Waals surface area contributed by atoms with Crippen molar-refractivity contribution in [3.05, 3.63) is 12.7 Å². The summed E-state index contributed by atoms with van der Waals surface area (Å²) in [6.45, 7) is 18.2. The fourth-order valence-corrected chi connectivity index (χ4v) is 5.92. The van der Waals surface area contributed by atoms with Gasteiger partial charge in [0.25, 0.3) is 16.1 Å². The molecule has 0 radical (unpaired) electrons. The number of likely N-dealkylation sites (tertiary alicyclic amines) is 1. The highest BCUT2D eigenvalue weighted by Gasteiger charge is 2.47. The van der Waals surface area contributed by atoms with Gasteiger partial charge in [0, 0.05) is 46.8 Å². The summed E-state index contributed by atoms with van der Waals surface area (Å²) in [5.41, 5.74) is -1.32. The monoisotopic (exact) mass is 657 g/mol. The Kier molecular flexibility index (Phi) is 14.2. The molecule has 4 N–H and O–H groups in total. The maximum Gasteiger partial charge on any atom is 0.315 e. The first-order chi connectivity index (χ1) is 20.5. The van der Waals surface area contributed by atoms with E-state index in [-0.39, 0.29) is 31.5 Å². The lowest BCUT2D eigenvalue weighted by atomic mass is 9.84. The molecule has 0 bridgehead atoms. The molecule has 0 aliphatic carbocycles. The topological polar surface area (TPSA) is 177 Å². The molecule has 0 aromatic rings. The number of rotatable bonds is 14. The second kappa shape index (κ2) is 16.0. The average molecular weight is 658 g/mol. The van der Waals surface area contributed by atoms with Gasteiger partial charge < -0.3 is 26.2 Å². The van der Waals surface area contributed by atoms with E-state index in [1.807, 2.05) is 34.6 Å². The van der Waals surface area contributed by atoms with Crippen molar-refractivity contribution >= 4 is 39.7 Å². The normalized spacial score (nSPS) is 18.8. The van der Waals surface area contributed by atoms with Crippen molar-refractivity contribution in [3.8, 4) is 0 Å². The van der Waals surface area contributed by atoms with Crippen LogP contribution in [0.5, 0.6) is 0 Å². The molecule has 0 spiro atoms. The molecule has 1 rings (SSSR count). The van der Waals surface area contributed by atoms with Crippen LogP contribution in [0.3, 0.4) is 0 Å². The molecule has 0 unspecified atom stereocenters. The molecule has 0 aromatic heterocycles. The second-order valence-corrected chi connectivity index (χ2v) is 16.5. The lowest BCUT2D eigenvalue weighted by Crippen LogP contribution is -2.62. The van der Waals surface area contributed by atoms with Gasteiger partial charge >= 0.3 is 6.03 Å². The smallest absolute Gasteiger partial charge is 0.315 e. The van der Waals surface area contributed by atoms with E-state index in [4.69, 9.17) is 0 Å². The van der Waals surface area contributed by atoms with E-state index < -0.39 is 75.2 Å². The first-order valence-corrected chi connectivity index (χ1v) is 16.6. The standard InChI is InChI=1S/C30H55N7O7S/c1-13-15-31-25(39)21(38)17-32-26(40)23-20(19(2)3)14-16-37(23)27(41)24(30(7,8)9)34-28(42)33-22(29(4,5)6)18-36(12)45(43,44)35(10)11/h13,19-20,22-24H,1,14-18H2,2-12H3,(H,31,39)(H,32,40)(H2,33,34,42)/t20-,22-,23+,24-/m1/s1. The van der Waals surface area contributed by atoms with Crippen LogP contribution >= 0.6 is 0 Å². The molecule has 1 aliphatic rings. The van der Waals surface area contributed by atoms with Crippen LogP contribution in [-0.2, 0) is 29.4 Å². The molecule has 15 heteroatoms. The fourth-order valence-electron chi connectivity index (χ4n) is 5.02. The predicted molar refractivity (Wildman–Crippen MR) is 173 cm³/mol. The Morgan fingerprint density at radius 2 is 1.53 bits per heavy atom. The van der Waals surface area contributed by atoms with Gasteiger partial charge in [-0.05, 0) is 29.1 Å². The Morgan fingerprint density at radius 3 is 2.00 bits per heavy atom. The van der Waals surface area contributed by atoms with E-state index in [0.29, 0.717) is 6.42 Å². The molecule has 1 aliphatic heterocycles. The number of carbonyl (C=O) groups excluding carboxylic acids is 5. The molecular formula is C30H55N7O7S. The van der Waals surface area contributed by atoms with Gasteiger partial charge in [0.1, 0.15) is 12.1 Å². The highest BCUT2D eigenvalue weighted by Crippen LogP contribution is 2.33. The minimum atomic E-state index is -3.74. The van der Waals surface area contributed by atoms with Crippen LogP contribution in [0, 0.1) is 22.7 Å². The van der Waals surface area contributed by atoms with Gasteiger partial charge in [-0.1, -0.05) is 61.5 Å². The third-order valence-corrected chi connectivity index (χ3v) is 9.83. The summed E-state index contributed by atoms with van der Waals surface area (Å²) < 4.78 is 27.5. The number of hydrogen-bond acceptors (Lipinski definition) is 7. The summed E-state index contributed by atoms with van der Waals surface area (Å²) >= 11 is 0. The SMILES string of the molecule is C=CCNC(=O)C(=O)CNC(=O)[C@@H]1[C@@H](C(C)C)CCN1C(=O)[C@@H](NC(=O)N[C@H](CN(C)S(=O)(=O)N(C)C)C(C)(C)C)C(C)(C)C. The maximum absolute atomic E-state index is 14.1. The van der Waals surface area contributed by atoms with Gasteiger partial charge in [-0.15, -0.1) is 6.58 Å². The van der Waals surface area contributed by atoms with Crippen molar-refractivity contribution in [3.63, 3.8) is 0 Å². The summed E-state index contributed by atoms with van der Waals surface area (Å²) in [6, 6.07) is -3.24. The highest BCUT2D eigenvalue weighted by atomic mass is 32.2. The van der Waals surface area contributed by atoms with Crippen LogP contribution in [0.4, 0.5) is 4.79 Å². The third-order valence-electron chi connectivity index (χ3n) is 7.97. The maximum atomic E-state index is 14.1. The molecule has 5 amide bonds. The van der Waals surface area contributed by atoms with Crippen LogP contribution in [0.15, 0.2) is 12.7 Å². The molecule has 14 nitrogen and oxygen atoms in total. The second-order valence-electron chi connectivity index (χ2n) is 14.2. The number of nitrogens with zero attached hydrogens (tertiary/aromatic N) is 3. The molecule has 1 saturated heterocycles. The number of urea groups is 1. The number of carbonyl (C=O) groups is 5. The molecule has 45 heavy (non-hydrogen) atoms. The molecule has 1 fully saturated rings. The van der Waals surface area contributed by atoms with Crippen LogP contribution in [-0.4, -0.2) is 117 Å². The van der Waals surface area contributed by atoms with Crippen molar-refractivity contribution in [2.75, 3.05) is 47.3 Å². The zero-order valence-electron chi connectivity index (χ0n) is 28.8. The Bertz CT molecular complexity index is 1210. The number of nitrogens with one attached hydrogen (secondary N) is 4. The summed E-state index contributed by atoms with van der Waals surface area (Å²) in [4.78, 5) is 66.6. The van der Waals surface area contributed by atoms with Crippen LogP contribution < -0.4 is 21.3 Å². The van der Waals surface area contributed by atoms with Crippen LogP contribution in [0.25, 0.3) is 0 Å². The van der Waals surface area contributed by atoms with Gasteiger partial charge in [0.05, 0.1) is 6.54 Å². The largest absolute Gasteiger partial charge is 0.347 e. The summed E-state index contributed by atoms with van der Waals surface area (Å²) in [6.07, 6.45) is 1.97. The Balaban J connectivity index is 3.22. The van der Waals surface area contributed by atoms with E-state index in [9.17, 15) is 32.4 Å². The Labute approximate surface area is 269 Å². The number of amides is 5. The Morgan fingerprint density at radius 1 is 0.956 bits per heavy atom. The molecule has 0 saturated carbocycles. The minimum Gasteiger partial charge on any atom is -0.347 e. The van der Waals surface area contributed by atoms with Gasteiger partial charge in [0.2, 0.25) is 17.6 Å².